The van der Waals surface area contributed by atoms with Crippen molar-refractivity contribution in [1.29, 1.82) is 0 Å². The number of aliphatic carboxylic acids is 1. The van der Waals surface area contributed by atoms with Crippen LogP contribution in [0.4, 0.5) is 13.2 Å². The number of ether oxygens (including phenoxy) is 1. The molecule has 0 aliphatic carbocycles. The zero-order valence-corrected chi connectivity index (χ0v) is 21.2. The third-order valence-corrected chi connectivity index (χ3v) is 6.87. The number of amides is 1. The predicted octanol–water partition coefficient (Wildman–Crippen LogP) is 2.32. The summed E-state index contributed by atoms with van der Waals surface area (Å²) in [5.41, 5.74) is 0. The van der Waals surface area contributed by atoms with Crippen LogP contribution in [0.3, 0.4) is 0 Å². The topological polar surface area (TPSA) is 116 Å². The SMILES string of the molecule is CC(C)OCCCN(CC(=O)N1CCNCC1)S(=O)(=O)c1ccc(Br)cc1.O=C(O)C(F)(F)F. The number of hydrogen-bond acceptors (Lipinski definition) is 6. The number of rotatable bonds is 9. The molecule has 34 heavy (non-hydrogen) atoms. The lowest BCUT2D eigenvalue weighted by molar-refractivity contribution is -0.192. The quantitative estimate of drug-likeness (QED) is 0.434. The lowest BCUT2D eigenvalue weighted by Gasteiger charge is -2.30. The molecule has 1 aromatic rings. The number of nitrogens with zero attached hydrogens (tertiary/aromatic N) is 2. The van der Waals surface area contributed by atoms with Gasteiger partial charge in [0.15, 0.2) is 0 Å². The molecule has 1 aliphatic heterocycles. The van der Waals surface area contributed by atoms with Gasteiger partial charge in [0.05, 0.1) is 17.5 Å². The van der Waals surface area contributed by atoms with Gasteiger partial charge in [-0.15, -0.1) is 0 Å². The predicted molar refractivity (Wildman–Crippen MR) is 122 cm³/mol. The van der Waals surface area contributed by atoms with E-state index in [1.165, 1.54) is 4.31 Å². The largest absolute Gasteiger partial charge is 0.490 e. The molecule has 0 spiro atoms. The Morgan fingerprint density at radius 2 is 1.74 bits per heavy atom. The van der Waals surface area contributed by atoms with Crippen LogP contribution in [-0.2, 0) is 24.3 Å². The number of piperazine rings is 1. The molecule has 0 radical (unpaired) electrons. The molecule has 0 aromatic heterocycles. The van der Waals surface area contributed by atoms with Gasteiger partial charge in [0, 0.05) is 43.8 Å². The number of carboxylic acid groups (broad SMARTS) is 1. The van der Waals surface area contributed by atoms with Gasteiger partial charge in [-0.3, -0.25) is 4.79 Å². The van der Waals surface area contributed by atoms with Crippen LogP contribution in [0.25, 0.3) is 0 Å². The molecule has 1 amide bonds. The zero-order valence-electron chi connectivity index (χ0n) is 18.8. The first-order valence-corrected chi connectivity index (χ1v) is 12.6. The number of benzene rings is 1. The van der Waals surface area contributed by atoms with Crippen molar-refractivity contribution >= 4 is 37.8 Å². The van der Waals surface area contributed by atoms with Gasteiger partial charge in [-0.25, -0.2) is 13.2 Å². The minimum absolute atomic E-state index is 0.0870. The minimum atomic E-state index is -5.08. The molecule has 194 valence electrons. The highest BCUT2D eigenvalue weighted by Crippen LogP contribution is 2.19. The summed E-state index contributed by atoms with van der Waals surface area (Å²) in [5.74, 6) is -2.92. The Hall–Kier alpha value is -1.74. The van der Waals surface area contributed by atoms with Crippen molar-refractivity contribution in [2.24, 2.45) is 0 Å². The van der Waals surface area contributed by atoms with Crippen LogP contribution in [0.2, 0.25) is 0 Å². The Labute approximate surface area is 205 Å². The summed E-state index contributed by atoms with van der Waals surface area (Å²) in [5, 5.41) is 10.3. The summed E-state index contributed by atoms with van der Waals surface area (Å²) >= 11 is 3.31. The number of sulfonamides is 1. The maximum absolute atomic E-state index is 13.1. The summed E-state index contributed by atoms with van der Waals surface area (Å²) in [6.07, 6.45) is -4.47. The van der Waals surface area contributed by atoms with Crippen molar-refractivity contribution in [3.63, 3.8) is 0 Å². The normalized spacial score (nSPS) is 14.6. The molecule has 1 heterocycles. The minimum Gasteiger partial charge on any atom is -0.475 e. The van der Waals surface area contributed by atoms with Crippen molar-refractivity contribution in [2.75, 3.05) is 45.9 Å². The number of carboxylic acids is 1. The van der Waals surface area contributed by atoms with E-state index >= 15 is 0 Å². The molecule has 0 unspecified atom stereocenters. The fourth-order valence-corrected chi connectivity index (χ4v) is 4.46. The van der Waals surface area contributed by atoms with E-state index in [2.05, 4.69) is 21.2 Å². The Balaban J connectivity index is 0.000000718. The van der Waals surface area contributed by atoms with E-state index in [4.69, 9.17) is 14.6 Å². The van der Waals surface area contributed by atoms with E-state index in [0.29, 0.717) is 26.1 Å². The van der Waals surface area contributed by atoms with Crippen LogP contribution in [-0.4, -0.2) is 92.8 Å². The molecule has 0 saturated carbocycles. The third-order valence-electron chi connectivity index (χ3n) is 4.48. The van der Waals surface area contributed by atoms with Crippen molar-refractivity contribution in [1.82, 2.24) is 14.5 Å². The molecule has 0 atom stereocenters. The number of alkyl halides is 3. The van der Waals surface area contributed by atoms with Gasteiger partial charge in [-0.05, 0) is 44.5 Å². The maximum Gasteiger partial charge on any atom is 0.490 e. The molecule has 2 N–H and O–H groups in total. The van der Waals surface area contributed by atoms with Crippen LogP contribution >= 0.6 is 15.9 Å². The van der Waals surface area contributed by atoms with E-state index in [1.54, 1.807) is 29.2 Å². The van der Waals surface area contributed by atoms with Crippen molar-refractivity contribution in [2.45, 2.75) is 37.4 Å². The molecule has 1 saturated heterocycles. The van der Waals surface area contributed by atoms with E-state index in [1.807, 2.05) is 13.8 Å². The summed E-state index contributed by atoms with van der Waals surface area (Å²) in [7, 11) is -3.76. The third kappa shape index (κ3) is 10.7. The second kappa shape index (κ2) is 14.0. The van der Waals surface area contributed by atoms with Gasteiger partial charge in [0.25, 0.3) is 0 Å². The second-order valence-corrected chi connectivity index (χ2v) is 10.4. The van der Waals surface area contributed by atoms with E-state index in [0.717, 1.165) is 17.6 Å². The molecule has 1 aliphatic rings. The Morgan fingerprint density at radius 1 is 1.21 bits per heavy atom. The molecule has 1 fully saturated rings. The fraction of sp³-hybridized carbons (Fsp3) is 0.600. The van der Waals surface area contributed by atoms with Crippen LogP contribution in [0.5, 0.6) is 0 Å². The lowest BCUT2D eigenvalue weighted by atomic mass is 10.3. The maximum atomic E-state index is 13.1. The summed E-state index contributed by atoms with van der Waals surface area (Å²) in [6, 6.07) is 6.47. The standard InChI is InChI=1S/C18H28BrN3O4S.C2HF3O2/c1-15(2)26-13-3-10-22(14-18(23)21-11-8-20-9-12-21)27(24,25)17-6-4-16(19)5-7-17;3-2(4,5)1(6)7/h4-7,15,20H,3,8-14H2,1-2H3;(H,6,7). The first-order chi connectivity index (χ1) is 15.7. The van der Waals surface area contributed by atoms with Gasteiger partial charge in [-0.2, -0.15) is 17.5 Å². The Morgan fingerprint density at radius 3 is 2.21 bits per heavy atom. The summed E-state index contributed by atoms with van der Waals surface area (Å²) in [4.78, 5) is 23.4. The molecule has 2 rings (SSSR count). The average molecular weight is 576 g/mol. The second-order valence-electron chi connectivity index (χ2n) is 7.50. The van der Waals surface area contributed by atoms with Crippen LogP contribution < -0.4 is 5.32 Å². The van der Waals surface area contributed by atoms with E-state index in [-0.39, 0.29) is 30.0 Å². The van der Waals surface area contributed by atoms with Gasteiger partial charge >= 0.3 is 12.1 Å². The van der Waals surface area contributed by atoms with E-state index in [9.17, 15) is 26.4 Å². The number of halogens is 4. The highest BCUT2D eigenvalue weighted by molar-refractivity contribution is 9.10. The first kappa shape index (κ1) is 30.3. The Bertz CT molecular complexity index is 892. The number of hydrogen-bond donors (Lipinski definition) is 2. The van der Waals surface area contributed by atoms with E-state index < -0.39 is 22.2 Å². The molecule has 14 heteroatoms. The van der Waals surface area contributed by atoms with Gasteiger partial charge in [-0.1, -0.05) is 15.9 Å². The number of carbonyl (C=O) groups excluding carboxylic acids is 1. The van der Waals surface area contributed by atoms with Crippen molar-refractivity contribution in [3.05, 3.63) is 28.7 Å². The van der Waals surface area contributed by atoms with Gasteiger partial charge in [0.1, 0.15) is 0 Å². The van der Waals surface area contributed by atoms with Crippen LogP contribution in [0.15, 0.2) is 33.6 Å². The smallest absolute Gasteiger partial charge is 0.475 e. The highest BCUT2D eigenvalue weighted by Gasteiger charge is 2.38. The number of carbonyl (C=O) groups is 2. The van der Waals surface area contributed by atoms with Gasteiger partial charge in [0.2, 0.25) is 15.9 Å². The summed E-state index contributed by atoms with van der Waals surface area (Å²) in [6.45, 7) is 7.06. The molecular weight excluding hydrogens is 547 g/mol. The summed E-state index contributed by atoms with van der Waals surface area (Å²) < 4.78 is 65.5. The molecular formula is C20H29BrF3N3O6S. The molecule has 9 nitrogen and oxygen atoms in total. The number of nitrogens with one attached hydrogen (secondary N) is 1. The molecule has 0 bridgehead atoms. The van der Waals surface area contributed by atoms with Gasteiger partial charge < -0.3 is 20.1 Å². The fourth-order valence-electron chi connectivity index (χ4n) is 2.76. The zero-order chi connectivity index (χ0) is 25.9. The Kier molecular flexibility index (Phi) is 12.4. The highest BCUT2D eigenvalue weighted by atomic mass is 79.9. The van der Waals surface area contributed by atoms with Crippen LogP contribution in [0.1, 0.15) is 20.3 Å². The van der Waals surface area contributed by atoms with Crippen LogP contribution in [0, 0.1) is 0 Å². The average Bonchev–Trinajstić information content (AvgIpc) is 2.76. The first-order valence-electron chi connectivity index (χ1n) is 10.4. The van der Waals surface area contributed by atoms with Crippen molar-refractivity contribution in [3.8, 4) is 0 Å². The van der Waals surface area contributed by atoms with Crippen molar-refractivity contribution < 1.29 is 41.0 Å². The molecule has 1 aromatic carbocycles. The lowest BCUT2D eigenvalue weighted by Crippen LogP contribution is -2.50. The monoisotopic (exact) mass is 575 g/mol.